The highest BCUT2D eigenvalue weighted by Crippen LogP contribution is 2.75. The Morgan fingerprint density at radius 2 is 1.55 bits per heavy atom. The maximum absolute atomic E-state index is 12.9. The van der Waals surface area contributed by atoms with Gasteiger partial charge in [0.05, 0.1) is 0 Å². The third-order valence-electron chi connectivity index (χ3n) is 13.1. The third-order valence-corrected chi connectivity index (χ3v) is 13.1. The molecule has 174 valence electrons. The lowest BCUT2D eigenvalue weighted by Crippen LogP contribution is -2.64. The number of hydrogen-bond donors (Lipinski definition) is 0. The van der Waals surface area contributed by atoms with Crippen molar-refractivity contribution in [1.82, 2.24) is 0 Å². The summed E-state index contributed by atoms with van der Waals surface area (Å²) in [5.41, 5.74) is 3.26. The summed E-state index contributed by atoms with van der Waals surface area (Å²) >= 11 is 0. The Balaban J connectivity index is 1.60. The van der Waals surface area contributed by atoms with Gasteiger partial charge in [-0.15, -0.1) is 0 Å². The van der Waals surface area contributed by atoms with Crippen LogP contribution in [0.15, 0.2) is 11.6 Å². The monoisotopic (exact) mass is 424 g/mol. The summed E-state index contributed by atoms with van der Waals surface area (Å²) in [7, 11) is 0. The van der Waals surface area contributed by atoms with Crippen LogP contribution in [0.4, 0.5) is 0 Å². The second-order valence-corrected chi connectivity index (χ2v) is 14.4. The van der Waals surface area contributed by atoms with Gasteiger partial charge in [-0.25, -0.2) is 0 Å². The Morgan fingerprint density at radius 1 is 0.839 bits per heavy atom. The molecule has 5 rings (SSSR count). The van der Waals surface area contributed by atoms with Gasteiger partial charge in [-0.3, -0.25) is 4.79 Å². The van der Waals surface area contributed by atoms with Crippen molar-refractivity contribution in [3.63, 3.8) is 0 Å². The molecule has 0 N–H and O–H groups in total. The van der Waals surface area contributed by atoms with Crippen LogP contribution in [-0.2, 0) is 4.79 Å². The van der Waals surface area contributed by atoms with Gasteiger partial charge in [0, 0.05) is 11.8 Å². The molecular formula is C30H48O. The smallest absolute Gasteiger partial charge is 0.138 e. The number of ketones is 1. The van der Waals surface area contributed by atoms with E-state index in [4.69, 9.17) is 0 Å². The Hall–Kier alpha value is -0.590. The van der Waals surface area contributed by atoms with E-state index in [9.17, 15) is 4.79 Å². The summed E-state index contributed by atoms with van der Waals surface area (Å²) in [5, 5.41) is 0. The molecule has 0 aromatic heterocycles. The maximum Gasteiger partial charge on any atom is 0.138 e. The molecular weight excluding hydrogens is 376 g/mol. The summed E-state index contributed by atoms with van der Waals surface area (Å²) in [6.45, 7) is 20.2. The van der Waals surface area contributed by atoms with E-state index >= 15 is 0 Å². The average Bonchev–Trinajstić information content (AvgIpc) is 2.69. The quantitative estimate of drug-likeness (QED) is 0.358. The van der Waals surface area contributed by atoms with Crippen LogP contribution < -0.4 is 0 Å². The molecule has 0 aromatic rings. The molecule has 5 aliphatic rings. The third kappa shape index (κ3) is 2.59. The Bertz CT molecular complexity index is 820. The fourth-order valence-electron chi connectivity index (χ4n) is 10.7. The SMILES string of the molecule is C[C@H]1[C@H](C)CC[C@]2(C)CC[C@]3(C)C(=CC[C@@H]4[C@@]5(C)CCC(=O)C(C)(C)C5CC[C@]43C)[C@H]12. The van der Waals surface area contributed by atoms with E-state index in [1.54, 1.807) is 0 Å². The highest BCUT2D eigenvalue weighted by molar-refractivity contribution is 5.85. The summed E-state index contributed by atoms with van der Waals surface area (Å²) in [6, 6.07) is 0. The van der Waals surface area contributed by atoms with Crippen LogP contribution in [0.2, 0.25) is 0 Å². The summed E-state index contributed by atoms with van der Waals surface area (Å²) in [4.78, 5) is 12.9. The topological polar surface area (TPSA) is 17.1 Å². The molecule has 9 atom stereocenters. The number of allylic oxidation sites excluding steroid dienone is 2. The first kappa shape index (κ1) is 22.2. The van der Waals surface area contributed by atoms with Crippen molar-refractivity contribution in [3.8, 4) is 0 Å². The zero-order valence-corrected chi connectivity index (χ0v) is 21.7. The minimum atomic E-state index is -0.141. The molecule has 1 unspecified atom stereocenters. The van der Waals surface area contributed by atoms with E-state index in [0.717, 1.165) is 36.5 Å². The van der Waals surface area contributed by atoms with Gasteiger partial charge in [-0.2, -0.15) is 0 Å². The van der Waals surface area contributed by atoms with Gasteiger partial charge in [0.15, 0.2) is 0 Å². The van der Waals surface area contributed by atoms with Crippen LogP contribution >= 0.6 is 0 Å². The van der Waals surface area contributed by atoms with Crippen molar-refractivity contribution in [2.45, 2.75) is 113 Å². The van der Waals surface area contributed by atoms with Gasteiger partial charge in [0.25, 0.3) is 0 Å². The van der Waals surface area contributed by atoms with Crippen LogP contribution in [0.1, 0.15) is 113 Å². The molecule has 4 fully saturated rings. The number of rotatable bonds is 0. The highest BCUT2D eigenvalue weighted by Gasteiger charge is 2.68. The van der Waals surface area contributed by atoms with E-state index < -0.39 is 0 Å². The molecule has 31 heavy (non-hydrogen) atoms. The van der Waals surface area contributed by atoms with Gasteiger partial charge in [0.2, 0.25) is 0 Å². The summed E-state index contributed by atoms with van der Waals surface area (Å²) in [5.74, 6) is 4.24. The van der Waals surface area contributed by atoms with Crippen molar-refractivity contribution in [3.05, 3.63) is 11.6 Å². The molecule has 0 bridgehead atoms. The van der Waals surface area contributed by atoms with E-state index in [0.29, 0.717) is 33.4 Å². The second-order valence-electron chi connectivity index (χ2n) is 14.4. The molecule has 0 saturated heterocycles. The second kappa shape index (κ2) is 6.50. The molecule has 4 saturated carbocycles. The van der Waals surface area contributed by atoms with Crippen LogP contribution in [0.25, 0.3) is 0 Å². The highest BCUT2D eigenvalue weighted by atomic mass is 16.1. The first-order valence-electron chi connectivity index (χ1n) is 13.6. The number of carbonyl (C=O) groups is 1. The van der Waals surface area contributed by atoms with Crippen LogP contribution in [0.5, 0.6) is 0 Å². The van der Waals surface area contributed by atoms with Crippen molar-refractivity contribution < 1.29 is 4.79 Å². The molecule has 0 amide bonds. The van der Waals surface area contributed by atoms with Gasteiger partial charge in [-0.05, 0) is 103 Å². The molecule has 0 heterocycles. The molecule has 5 aliphatic carbocycles. The van der Waals surface area contributed by atoms with E-state index in [2.05, 4.69) is 61.5 Å². The molecule has 1 nitrogen and oxygen atoms in total. The van der Waals surface area contributed by atoms with E-state index in [-0.39, 0.29) is 5.41 Å². The van der Waals surface area contributed by atoms with Gasteiger partial charge < -0.3 is 0 Å². The minimum absolute atomic E-state index is 0.141. The number of Topliss-reactive ketones (excluding diaryl/α,β-unsaturated/α-hetero) is 1. The zero-order chi connectivity index (χ0) is 22.6. The molecule has 0 radical (unpaired) electrons. The van der Waals surface area contributed by atoms with Crippen molar-refractivity contribution in [2.24, 2.45) is 56.7 Å². The lowest BCUT2D eigenvalue weighted by atomic mass is 9.33. The Morgan fingerprint density at radius 3 is 2.26 bits per heavy atom. The number of carbonyl (C=O) groups excluding carboxylic acids is 1. The minimum Gasteiger partial charge on any atom is -0.299 e. The lowest BCUT2D eigenvalue weighted by molar-refractivity contribution is -0.185. The van der Waals surface area contributed by atoms with E-state index in [1.807, 2.05) is 5.57 Å². The normalized spacial score (nSPS) is 55.9. The van der Waals surface area contributed by atoms with Crippen LogP contribution in [-0.4, -0.2) is 5.78 Å². The first-order valence-corrected chi connectivity index (χ1v) is 13.6. The number of hydrogen-bond acceptors (Lipinski definition) is 1. The standard InChI is InChI=1S/C30H48O/c1-19-11-14-27(5)17-18-29(7)21(25(27)20(19)2)9-10-23-28(6)15-13-24(31)26(3,4)22(28)12-16-30(23,29)8/h9,19-20,22-23,25H,10-18H2,1-8H3/t19-,20+,22?,23-,25+,27-,28+,29-,30-/m1/s1. The zero-order valence-electron chi connectivity index (χ0n) is 21.7. The fraction of sp³-hybridized carbons (Fsp3) is 0.900. The lowest BCUT2D eigenvalue weighted by Gasteiger charge is -2.71. The summed E-state index contributed by atoms with van der Waals surface area (Å²) < 4.78 is 0. The largest absolute Gasteiger partial charge is 0.299 e. The predicted molar refractivity (Wildman–Crippen MR) is 130 cm³/mol. The van der Waals surface area contributed by atoms with Crippen LogP contribution in [0, 0.1) is 56.7 Å². The fourth-order valence-corrected chi connectivity index (χ4v) is 10.7. The molecule has 0 spiro atoms. The predicted octanol–water partition coefficient (Wildman–Crippen LogP) is 8.23. The first-order chi connectivity index (χ1) is 14.3. The summed E-state index contributed by atoms with van der Waals surface area (Å²) in [6.07, 6.45) is 14.1. The number of fused-ring (bicyclic) bond motifs is 7. The maximum atomic E-state index is 12.9. The van der Waals surface area contributed by atoms with Crippen LogP contribution in [0.3, 0.4) is 0 Å². The van der Waals surface area contributed by atoms with Crippen molar-refractivity contribution in [1.29, 1.82) is 0 Å². The van der Waals surface area contributed by atoms with Gasteiger partial charge in [0.1, 0.15) is 5.78 Å². The Kier molecular flexibility index (Phi) is 4.66. The van der Waals surface area contributed by atoms with Gasteiger partial charge >= 0.3 is 0 Å². The van der Waals surface area contributed by atoms with Crippen molar-refractivity contribution >= 4 is 5.78 Å². The Labute approximate surface area is 192 Å². The molecule has 0 aliphatic heterocycles. The molecule has 1 heteroatoms. The average molecular weight is 425 g/mol. The van der Waals surface area contributed by atoms with Crippen molar-refractivity contribution in [2.75, 3.05) is 0 Å². The molecule has 0 aromatic carbocycles. The van der Waals surface area contributed by atoms with Gasteiger partial charge in [-0.1, -0.05) is 67.0 Å². The van der Waals surface area contributed by atoms with E-state index in [1.165, 1.54) is 44.9 Å².